The van der Waals surface area contributed by atoms with Crippen molar-refractivity contribution < 1.29 is 0 Å². The SMILES string of the molecule is CCNC(=NCCCCN1CCN(Cc2ccccc2)CC1)NC(C)CC.I. The largest absolute Gasteiger partial charge is 0.357 e. The van der Waals surface area contributed by atoms with E-state index in [-0.39, 0.29) is 24.0 Å². The third kappa shape index (κ3) is 10.1. The van der Waals surface area contributed by atoms with Crippen LogP contribution in [0.4, 0.5) is 0 Å². The summed E-state index contributed by atoms with van der Waals surface area (Å²) in [6.07, 6.45) is 3.49. The zero-order valence-corrected chi connectivity index (χ0v) is 20.3. The van der Waals surface area contributed by atoms with Crippen LogP contribution in [0.2, 0.25) is 0 Å². The molecule has 0 bridgehead atoms. The molecule has 0 spiro atoms. The second kappa shape index (κ2) is 15.0. The van der Waals surface area contributed by atoms with Crippen molar-refractivity contribution in [1.82, 2.24) is 20.4 Å². The molecule has 1 heterocycles. The van der Waals surface area contributed by atoms with Gasteiger partial charge in [0.1, 0.15) is 0 Å². The Morgan fingerprint density at radius 1 is 1.04 bits per heavy atom. The van der Waals surface area contributed by atoms with Gasteiger partial charge in [0.2, 0.25) is 0 Å². The van der Waals surface area contributed by atoms with E-state index in [0.29, 0.717) is 6.04 Å². The van der Waals surface area contributed by atoms with Gasteiger partial charge in [-0.1, -0.05) is 37.3 Å². The summed E-state index contributed by atoms with van der Waals surface area (Å²) in [7, 11) is 0. The third-order valence-corrected chi connectivity index (χ3v) is 5.21. The highest BCUT2D eigenvalue weighted by molar-refractivity contribution is 14.0. The highest BCUT2D eigenvalue weighted by atomic mass is 127. The summed E-state index contributed by atoms with van der Waals surface area (Å²) in [5.74, 6) is 0.960. The van der Waals surface area contributed by atoms with E-state index in [2.05, 4.69) is 71.5 Å². The van der Waals surface area contributed by atoms with Crippen molar-refractivity contribution in [2.75, 3.05) is 45.8 Å². The number of aliphatic imine (C=N–C) groups is 1. The van der Waals surface area contributed by atoms with E-state index in [4.69, 9.17) is 4.99 Å². The molecule has 0 aromatic heterocycles. The number of benzene rings is 1. The van der Waals surface area contributed by atoms with Crippen molar-refractivity contribution in [2.45, 2.75) is 52.6 Å². The summed E-state index contributed by atoms with van der Waals surface area (Å²) in [5, 5.41) is 6.79. The number of guanidine groups is 1. The van der Waals surface area contributed by atoms with Crippen LogP contribution in [0, 0.1) is 0 Å². The lowest BCUT2D eigenvalue weighted by atomic mass is 10.2. The molecule has 1 fully saturated rings. The normalized spacial score (nSPS) is 17.0. The lowest BCUT2D eigenvalue weighted by Crippen LogP contribution is -2.46. The minimum absolute atomic E-state index is 0. The molecule has 1 unspecified atom stereocenters. The third-order valence-electron chi connectivity index (χ3n) is 5.21. The van der Waals surface area contributed by atoms with Gasteiger partial charge in [0.25, 0.3) is 0 Å². The highest BCUT2D eigenvalue weighted by Crippen LogP contribution is 2.09. The molecule has 0 radical (unpaired) electrons. The zero-order valence-electron chi connectivity index (χ0n) is 18.0. The maximum atomic E-state index is 4.71. The van der Waals surface area contributed by atoms with E-state index in [9.17, 15) is 0 Å². The predicted molar refractivity (Wildman–Crippen MR) is 132 cm³/mol. The highest BCUT2D eigenvalue weighted by Gasteiger charge is 2.16. The molecule has 5 nitrogen and oxygen atoms in total. The van der Waals surface area contributed by atoms with Crippen LogP contribution >= 0.6 is 24.0 Å². The summed E-state index contributed by atoms with van der Waals surface area (Å²) in [5.41, 5.74) is 1.42. The molecule has 2 N–H and O–H groups in total. The van der Waals surface area contributed by atoms with Crippen LogP contribution in [0.15, 0.2) is 35.3 Å². The molecule has 160 valence electrons. The van der Waals surface area contributed by atoms with Crippen molar-refractivity contribution in [3.05, 3.63) is 35.9 Å². The molecule has 1 aliphatic heterocycles. The number of rotatable bonds is 10. The monoisotopic (exact) mass is 501 g/mol. The van der Waals surface area contributed by atoms with E-state index in [0.717, 1.165) is 38.4 Å². The van der Waals surface area contributed by atoms with Crippen molar-refractivity contribution in [1.29, 1.82) is 0 Å². The lowest BCUT2D eigenvalue weighted by molar-refractivity contribution is 0.126. The van der Waals surface area contributed by atoms with E-state index < -0.39 is 0 Å². The summed E-state index contributed by atoms with van der Waals surface area (Å²) in [4.78, 5) is 9.88. The Hall–Kier alpha value is -0.860. The van der Waals surface area contributed by atoms with Gasteiger partial charge >= 0.3 is 0 Å². The molecule has 6 heteroatoms. The van der Waals surface area contributed by atoms with E-state index in [1.54, 1.807) is 0 Å². The van der Waals surface area contributed by atoms with Crippen LogP contribution in [0.25, 0.3) is 0 Å². The van der Waals surface area contributed by atoms with Crippen LogP contribution in [-0.2, 0) is 6.54 Å². The average Bonchev–Trinajstić information content (AvgIpc) is 2.69. The Balaban J connectivity index is 0.00000392. The Bertz CT molecular complexity index is 529. The van der Waals surface area contributed by atoms with Crippen LogP contribution in [0.1, 0.15) is 45.6 Å². The van der Waals surface area contributed by atoms with Gasteiger partial charge in [-0.2, -0.15) is 0 Å². The van der Waals surface area contributed by atoms with Crippen molar-refractivity contribution in [3.8, 4) is 0 Å². The second-order valence-electron chi connectivity index (χ2n) is 7.52. The van der Waals surface area contributed by atoms with E-state index in [1.165, 1.54) is 44.7 Å². The fourth-order valence-corrected chi connectivity index (χ4v) is 3.31. The van der Waals surface area contributed by atoms with Crippen molar-refractivity contribution in [2.24, 2.45) is 4.99 Å². The van der Waals surface area contributed by atoms with Gasteiger partial charge in [-0.25, -0.2) is 0 Å². The van der Waals surface area contributed by atoms with Crippen molar-refractivity contribution in [3.63, 3.8) is 0 Å². The maximum Gasteiger partial charge on any atom is 0.191 e. The van der Waals surface area contributed by atoms with Gasteiger partial charge in [0, 0.05) is 51.9 Å². The molecule has 1 aromatic rings. The Kier molecular flexibility index (Phi) is 13.5. The fraction of sp³-hybridized carbons (Fsp3) is 0.682. The van der Waals surface area contributed by atoms with Crippen LogP contribution in [-0.4, -0.2) is 67.6 Å². The first-order valence-corrected chi connectivity index (χ1v) is 10.7. The molecule has 0 saturated carbocycles. The van der Waals surface area contributed by atoms with Gasteiger partial charge < -0.3 is 15.5 Å². The van der Waals surface area contributed by atoms with Gasteiger partial charge in [0.15, 0.2) is 5.96 Å². The number of halogens is 1. The Labute approximate surface area is 189 Å². The van der Waals surface area contributed by atoms with Gasteiger partial charge in [-0.15, -0.1) is 24.0 Å². The summed E-state index contributed by atoms with van der Waals surface area (Å²) in [6.45, 7) is 15.3. The fourth-order valence-electron chi connectivity index (χ4n) is 3.31. The minimum atomic E-state index is 0. The Morgan fingerprint density at radius 3 is 2.36 bits per heavy atom. The lowest BCUT2D eigenvalue weighted by Gasteiger charge is -2.34. The number of nitrogens with one attached hydrogen (secondary N) is 2. The molecular formula is C22H40IN5. The zero-order chi connectivity index (χ0) is 19.3. The van der Waals surface area contributed by atoms with E-state index in [1.807, 2.05) is 0 Å². The minimum Gasteiger partial charge on any atom is -0.357 e. The molecule has 1 aliphatic rings. The number of nitrogens with zero attached hydrogens (tertiary/aromatic N) is 3. The molecule has 1 saturated heterocycles. The summed E-state index contributed by atoms with van der Waals surface area (Å²) < 4.78 is 0. The average molecular weight is 502 g/mol. The molecule has 0 aliphatic carbocycles. The standard InChI is InChI=1S/C22H39N5.HI/c1-4-20(3)25-22(23-5-2)24-13-9-10-14-26-15-17-27(18-16-26)19-21-11-7-6-8-12-21;/h6-8,11-12,20H,4-5,9-10,13-19H2,1-3H3,(H2,23,24,25);1H. The number of piperazine rings is 1. The molecule has 2 rings (SSSR count). The second-order valence-corrected chi connectivity index (χ2v) is 7.52. The number of hydrogen-bond donors (Lipinski definition) is 2. The van der Waals surface area contributed by atoms with E-state index >= 15 is 0 Å². The number of unbranched alkanes of at least 4 members (excludes halogenated alkanes) is 1. The predicted octanol–water partition coefficient (Wildman–Crippen LogP) is 3.56. The molecular weight excluding hydrogens is 461 g/mol. The smallest absolute Gasteiger partial charge is 0.191 e. The first-order chi connectivity index (χ1) is 13.2. The first-order valence-electron chi connectivity index (χ1n) is 10.7. The van der Waals surface area contributed by atoms with Gasteiger partial charge in [0.05, 0.1) is 0 Å². The summed E-state index contributed by atoms with van der Waals surface area (Å²) >= 11 is 0. The molecule has 1 atom stereocenters. The first kappa shape index (κ1) is 25.2. The Morgan fingerprint density at radius 2 is 1.71 bits per heavy atom. The van der Waals surface area contributed by atoms with Gasteiger partial charge in [-0.05, 0) is 45.2 Å². The number of hydrogen-bond acceptors (Lipinski definition) is 3. The quantitative estimate of drug-likeness (QED) is 0.223. The molecule has 0 amide bonds. The summed E-state index contributed by atoms with van der Waals surface area (Å²) in [6, 6.07) is 11.3. The van der Waals surface area contributed by atoms with Crippen LogP contribution in [0.5, 0.6) is 0 Å². The van der Waals surface area contributed by atoms with Crippen LogP contribution < -0.4 is 10.6 Å². The molecule has 28 heavy (non-hydrogen) atoms. The van der Waals surface area contributed by atoms with Gasteiger partial charge in [-0.3, -0.25) is 9.89 Å². The molecule has 1 aromatic carbocycles. The maximum absolute atomic E-state index is 4.71. The van der Waals surface area contributed by atoms with Crippen LogP contribution in [0.3, 0.4) is 0 Å². The van der Waals surface area contributed by atoms with Crippen molar-refractivity contribution >= 4 is 29.9 Å². The topological polar surface area (TPSA) is 42.9 Å².